The Morgan fingerprint density at radius 1 is 1.08 bits per heavy atom. The molecule has 1 fully saturated rings. The predicted octanol–water partition coefficient (Wildman–Crippen LogP) is 3.64. The smallest absolute Gasteiger partial charge is 0.396 e. The Kier molecular flexibility index (Phi) is 6.36. The number of nitrogens with zero attached hydrogens (tertiary/aromatic N) is 1. The van der Waals surface area contributed by atoms with Gasteiger partial charge in [-0.05, 0) is 42.7 Å². The number of alkyl halides is 2. The molecule has 1 aromatic heterocycles. The Hall–Kier alpha value is -3.28. The van der Waals surface area contributed by atoms with E-state index in [4.69, 9.17) is 0 Å². The van der Waals surface area contributed by atoms with Gasteiger partial charge in [0, 0.05) is 48.2 Å². The molecule has 0 bridgehead atoms. The zero-order valence-corrected chi connectivity index (χ0v) is 20.9. The van der Waals surface area contributed by atoms with Crippen molar-refractivity contribution in [3.8, 4) is 11.5 Å². The van der Waals surface area contributed by atoms with Crippen LogP contribution in [-0.4, -0.2) is 51.9 Å². The van der Waals surface area contributed by atoms with E-state index >= 15 is 4.39 Å². The van der Waals surface area contributed by atoms with Crippen LogP contribution in [0, 0.1) is 11.7 Å². The Balaban J connectivity index is 1.47. The molecule has 0 radical (unpaired) electrons. The number of carbonyl (C=O) groups excluding carboxylic acids is 1. The van der Waals surface area contributed by atoms with E-state index in [9.17, 15) is 28.9 Å². The van der Waals surface area contributed by atoms with E-state index in [2.05, 4.69) is 14.8 Å². The Morgan fingerprint density at radius 2 is 1.76 bits per heavy atom. The highest BCUT2D eigenvalue weighted by molar-refractivity contribution is 6.02. The average Bonchev–Trinajstić information content (AvgIpc) is 3.52. The summed E-state index contributed by atoms with van der Waals surface area (Å²) in [4.78, 5) is 13.3. The third kappa shape index (κ3) is 4.48. The first-order valence-electron chi connectivity index (χ1n) is 12.3. The molecule has 1 aliphatic carbocycles. The maximum absolute atomic E-state index is 15.3. The van der Waals surface area contributed by atoms with Gasteiger partial charge in [0.1, 0.15) is 5.82 Å². The zero-order chi connectivity index (χ0) is 27.5. The summed E-state index contributed by atoms with van der Waals surface area (Å²) < 4.78 is 52.9. The molecule has 2 heterocycles. The van der Waals surface area contributed by atoms with Gasteiger partial charge in [-0.25, -0.2) is 4.39 Å². The number of aliphatic hydroxyl groups excluding tert-OH is 3. The van der Waals surface area contributed by atoms with Crippen molar-refractivity contribution in [1.82, 2.24) is 4.57 Å². The molecule has 8 nitrogen and oxygen atoms in total. The zero-order valence-electron chi connectivity index (χ0n) is 20.9. The number of anilines is 1. The lowest BCUT2D eigenvalue weighted by Gasteiger charge is -2.26. The van der Waals surface area contributed by atoms with Gasteiger partial charge in [-0.2, -0.15) is 0 Å². The second-order valence-corrected chi connectivity index (χ2v) is 10.7. The van der Waals surface area contributed by atoms with Crippen molar-refractivity contribution in [3.63, 3.8) is 0 Å². The van der Waals surface area contributed by atoms with E-state index < -0.39 is 34.8 Å². The van der Waals surface area contributed by atoms with Crippen molar-refractivity contribution in [2.75, 3.05) is 25.1 Å². The molecule has 38 heavy (non-hydrogen) atoms. The average molecular weight is 535 g/mol. The quantitative estimate of drug-likeness (QED) is 0.334. The van der Waals surface area contributed by atoms with Crippen LogP contribution in [0.5, 0.6) is 11.5 Å². The fraction of sp³-hybridized carbons (Fsp3) is 0.444. The molecule has 0 saturated heterocycles. The van der Waals surface area contributed by atoms with Gasteiger partial charge < -0.3 is 34.7 Å². The van der Waals surface area contributed by atoms with Crippen molar-refractivity contribution in [2.24, 2.45) is 5.92 Å². The molecule has 2 aromatic carbocycles. The van der Waals surface area contributed by atoms with Gasteiger partial charge in [-0.1, -0.05) is 19.9 Å². The highest BCUT2D eigenvalue weighted by Gasteiger charge is 2.53. The van der Waals surface area contributed by atoms with E-state index in [1.807, 2.05) is 13.8 Å². The maximum Gasteiger partial charge on any atom is 0.586 e. The maximum atomic E-state index is 15.3. The Labute approximate surface area is 216 Å². The Bertz CT molecular complexity index is 1400. The van der Waals surface area contributed by atoms with Crippen LogP contribution in [0.1, 0.15) is 37.9 Å². The molecular weight excluding hydrogens is 505 g/mol. The number of carbonyl (C=O) groups is 1. The van der Waals surface area contributed by atoms with Gasteiger partial charge in [0.15, 0.2) is 11.5 Å². The number of aliphatic hydroxyl groups is 3. The van der Waals surface area contributed by atoms with Crippen LogP contribution in [0.3, 0.4) is 0 Å². The highest BCUT2D eigenvalue weighted by atomic mass is 19.3. The highest BCUT2D eigenvalue weighted by Crippen LogP contribution is 2.52. The van der Waals surface area contributed by atoms with Crippen molar-refractivity contribution < 1.29 is 42.8 Å². The monoisotopic (exact) mass is 534 g/mol. The molecule has 11 heteroatoms. The molecule has 204 valence electrons. The van der Waals surface area contributed by atoms with Gasteiger partial charge >= 0.3 is 6.29 Å². The van der Waals surface area contributed by atoms with E-state index in [1.165, 1.54) is 30.3 Å². The fourth-order valence-corrected chi connectivity index (χ4v) is 4.91. The first kappa shape index (κ1) is 26.3. The number of ether oxygens (including phenoxy) is 2. The lowest BCUT2D eigenvalue weighted by Crippen LogP contribution is -2.28. The number of hydrogen-bond acceptors (Lipinski definition) is 6. The Morgan fingerprint density at radius 3 is 2.39 bits per heavy atom. The van der Waals surface area contributed by atoms with Gasteiger partial charge in [0.25, 0.3) is 0 Å². The minimum atomic E-state index is -3.77. The summed E-state index contributed by atoms with van der Waals surface area (Å²) in [7, 11) is 0. The molecular formula is C27H29F3N2O6. The summed E-state index contributed by atoms with van der Waals surface area (Å²) in [6.07, 6.45) is -2.87. The number of nitrogens with one attached hydrogen (secondary N) is 1. The number of amides is 1. The second kappa shape index (κ2) is 9.18. The summed E-state index contributed by atoms with van der Waals surface area (Å²) in [6.45, 7) is 3.11. The predicted molar refractivity (Wildman–Crippen MR) is 132 cm³/mol. The molecule has 0 unspecified atom stereocenters. The minimum Gasteiger partial charge on any atom is -0.396 e. The van der Waals surface area contributed by atoms with Crippen LogP contribution < -0.4 is 14.8 Å². The van der Waals surface area contributed by atoms with Crippen LogP contribution >= 0.6 is 0 Å². The molecule has 0 atom stereocenters. The first-order valence-corrected chi connectivity index (χ1v) is 12.3. The number of hydrogen-bond donors (Lipinski definition) is 4. The second-order valence-electron chi connectivity index (χ2n) is 10.7. The largest absolute Gasteiger partial charge is 0.586 e. The van der Waals surface area contributed by atoms with Crippen LogP contribution in [0.2, 0.25) is 0 Å². The van der Waals surface area contributed by atoms with Crippen LogP contribution in [0.4, 0.5) is 18.9 Å². The molecule has 3 aromatic rings. The van der Waals surface area contributed by atoms with Crippen molar-refractivity contribution in [2.45, 2.75) is 50.4 Å². The summed E-state index contributed by atoms with van der Waals surface area (Å²) in [5, 5.41) is 32.4. The van der Waals surface area contributed by atoms with Crippen LogP contribution in [0.25, 0.3) is 10.9 Å². The van der Waals surface area contributed by atoms with Gasteiger partial charge in [-0.15, -0.1) is 8.78 Å². The SMILES string of the molecule is CC(C)(CO)c1cc2cc(NC(=O)C3(c4ccc5c(c4)OC(F)(F)O5)CC3)c(F)cc2n1CC(CO)CO. The molecule has 2 aliphatic rings. The number of halogens is 3. The van der Waals surface area contributed by atoms with E-state index in [0.29, 0.717) is 35.0 Å². The molecule has 1 amide bonds. The van der Waals surface area contributed by atoms with Gasteiger partial charge in [-0.3, -0.25) is 4.79 Å². The summed E-state index contributed by atoms with van der Waals surface area (Å²) in [5.41, 5.74) is -0.130. The van der Waals surface area contributed by atoms with E-state index in [0.717, 1.165) is 0 Å². The lowest BCUT2D eigenvalue weighted by molar-refractivity contribution is -0.286. The van der Waals surface area contributed by atoms with Crippen molar-refractivity contribution >= 4 is 22.5 Å². The fourth-order valence-electron chi connectivity index (χ4n) is 4.91. The number of aromatic nitrogens is 1. The van der Waals surface area contributed by atoms with E-state index in [-0.39, 0.29) is 43.6 Å². The molecule has 4 N–H and O–H groups in total. The molecule has 1 saturated carbocycles. The first-order chi connectivity index (χ1) is 17.9. The summed E-state index contributed by atoms with van der Waals surface area (Å²) >= 11 is 0. The standard InChI is InChI=1S/C27H29F3N2O6/c1-25(2,14-35)23-8-16-7-19(18(28)10-20(16)32(23)11-15(12-33)13-34)31-24(36)26(5-6-26)17-3-4-21-22(9-17)38-27(29,30)37-21/h3-4,7-10,15,33-35H,5-6,11-14H2,1-2H3,(H,31,36). The third-order valence-electron chi connectivity index (χ3n) is 7.42. The third-order valence-corrected chi connectivity index (χ3v) is 7.42. The van der Waals surface area contributed by atoms with Crippen molar-refractivity contribution in [3.05, 3.63) is 53.5 Å². The molecule has 1 aliphatic heterocycles. The van der Waals surface area contributed by atoms with Crippen molar-refractivity contribution in [1.29, 1.82) is 0 Å². The minimum absolute atomic E-state index is 0.0487. The lowest BCUT2D eigenvalue weighted by atomic mass is 9.90. The normalized spacial score (nSPS) is 17.3. The number of benzene rings is 2. The summed E-state index contributed by atoms with van der Waals surface area (Å²) in [6, 6.07) is 8.76. The topological polar surface area (TPSA) is 113 Å². The van der Waals surface area contributed by atoms with E-state index in [1.54, 1.807) is 10.6 Å². The van der Waals surface area contributed by atoms with Gasteiger partial charge in [0.2, 0.25) is 5.91 Å². The molecule has 5 rings (SSSR count). The number of fused-ring (bicyclic) bond motifs is 2. The van der Waals surface area contributed by atoms with Crippen LogP contribution in [-0.2, 0) is 22.2 Å². The molecule has 0 spiro atoms. The summed E-state index contributed by atoms with van der Waals surface area (Å²) in [5.74, 6) is -1.94. The van der Waals surface area contributed by atoms with Crippen LogP contribution in [0.15, 0.2) is 36.4 Å². The number of rotatable bonds is 9. The van der Waals surface area contributed by atoms with Gasteiger partial charge in [0.05, 0.1) is 23.2 Å².